The molecule has 0 aliphatic carbocycles. The van der Waals surface area contributed by atoms with Crippen LogP contribution in [0, 0.1) is 0 Å². The highest BCUT2D eigenvalue weighted by atomic mass is 35.5. The standard InChI is InChI=1S/C14H11Cl2NOS/c1-19-13-5-3-2-4-12(13)17-8-9-6-10(15)7-11(16)14(9)18/h2-8,18H,1H3. The number of benzene rings is 2. The number of para-hydroxylation sites is 1. The lowest BCUT2D eigenvalue weighted by atomic mass is 10.2. The zero-order valence-electron chi connectivity index (χ0n) is 10.1. The maximum atomic E-state index is 9.84. The fourth-order valence-corrected chi connectivity index (χ4v) is 2.61. The molecular weight excluding hydrogens is 301 g/mol. The summed E-state index contributed by atoms with van der Waals surface area (Å²) in [6.45, 7) is 0. The van der Waals surface area contributed by atoms with Gasteiger partial charge in [-0.2, -0.15) is 0 Å². The molecule has 19 heavy (non-hydrogen) atoms. The van der Waals surface area contributed by atoms with E-state index >= 15 is 0 Å². The van der Waals surface area contributed by atoms with Crippen LogP contribution in [-0.2, 0) is 0 Å². The summed E-state index contributed by atoms with van der Waals surface area (Å²) in [5.74, 6) is -0.0172. The second-order valence-electron chi connectivity index (χ2n) is 3.76. The second-order valence-corrected chi connectivity index (χ2v) is 5.45. The van der Waals surface area contributed by atoms with Crippen molar-refractivity contribution in [3.63, 3.8) is 0 Å². The van der Waals surface area contributed by atoms with Crippen LogP contribution >= 0.6 is 35.0 Å². The third-order valence-electron chi connectivity index (χ3n) is 2.49. The second kappa shape index (κ2) is 6.33. The van der Waals surface area contributed by atoms with Crippen LogP contribution in [0.25, 0.3) is 0 Å². The number of aliphatic imine (C=N–C) groups is 1. The summed E-state index contributed by atoms with van der Waals surface area (Å²) in [6.07, 6.45) is 3.55. The van der Waals surface area contributed by atoms with Gasteiger partial charge in [-0.05, 0) is 30.5 Å². The molecular formula is C14H11Cl2NOS. The highest BCUT2D eigenvalue weighted by Gasteiger charge is 2.06. The molecule has 5 heteroatoms. The van der Waals surface area contributed by atoms with E-state index in [1.165, 1.54) is 6.07 Å². The Balaban J connectivity index is 2.38. The lowest BCUT2D eigenvalue weighted by Gasteiger charge is -2.04. The average Bonchev–Trinajstić information content (AvgIpc) is 2.41. The van der Waals surface area contributed by atoms with E-state index in [0.29, 0.717) is 10.6 Å². The fourth-order valence-electron chi connectivity index (χ4n) is 1.56. The first-order chi connectivity index (χ1) is 9.11. The van der Waals surface area contributed by atoms with Gasteiger partial charge < -0.3 is 5.11 Å². The molecule has 0 bridgehead atoms. The molecule has 0 aliphatic heterocycles. The molecule has 0 aromatic heterocycles. The van der Waals surface area contributed by atoms with Crippen molar-refractivity contribution in [3.8, 4) is 5.75 Å². The molecule has 2 rings (SSSR count). The minimum atomic E-state index is -0.0172. The molecule has 2 aromatic rings. The van der Waals surface area contributed by atoms with Gasteiger partial charge >= 0.3 is 0 Å². The van der Waals surface area contributed by atoms with Crippen molar-refractivity contribution in [2.75, 3.05) is 6.26 Å². The van der Waals surface area contributed by atoms with Crippen LogP contribution in [0.1, 0.15) is 5.56 Å². The summed E-state index contributed by atoms with van der Waals surface area (Å²) in [5.41, 5.74) is 1.33. The van der Waals surface area contributed by atoms with Crippen molar-refractivity contribution in [2.24, 2.45) is 4.99 Å². The lowest BCUT2D eigenvalue weighted by molar-refractivity contribution is 0.475. The third-order valence-corrected chi connectivity index (χ3v) is 3.78. The molecule has 0 fully saturated rings. The van der Waals surface area contributed by atoms with Crippen molar-refractivity contribution in [1.29, 1.82) is 0 Å². The number of rotatable bonds is 3. The number of phenols is 1. The highest BCUT2D eigenvalue weighted by Crippen LogP contribution is 2.31. The number of thioether (sulfide) groups is 1. The van der Waals surface area contributed by atoms with Gasteiger partial charge in [0.25, 0.3) is 0 Å². The first-order valence-corrected chi connectivity index (χ1v) is 7.45. The summed E-state index contributed by atoms with van der Waals surface area (Å²) in [4.78, 5) is 5.43. The SMILES string of the molecule is CSc1ccccc1N=Cc1cc(Cl)cc(Cl)c1O. The van der Waals surface area contributed by atoms with Gasteiger partial charge in [-0.25, -0.2) is 0 Å². The van der Waals surface area contributed by atoms with E-state index in [-0.39, 0.29) is 10.8 Å². The molecule has 0 atom stereocenters. The van der Waals surface area contributed by atoms with Crippen LogP contribution in [0.2, 0.25) is 10.0 Å². The summed E-state index contributed by atoms with van der Waals surface area (Å²) < 4.78 is 0. The van der Waals surface area contributed by atoms with E-state index in [9.17, 15) is 5.11 Å². The smallest absolute Gasteiger partial charge is 0.143 e. The Morgan fingerprint density at radius 2 is 1.95 bits per heavy atom. The van der Waals surface area contributed by atoms with E-state index in [4.69, 9.17) is 23.2 Å². The monoisotopic (exact) mass is 311 g/mol. The predicted octanol–water partition coefficient (Wildman–Crippen LogP) is 5.17. The van der Waals surface area contributed by atoms with Crippen molar-refractivity contribution in [1.82, 2.24) is 0 Å². The molecule has 0 unspecified atom stereocenters. The quantitative estimate of drug-likeness (QED) is 0.626. The molecule has 0 radical (unpaired) electrons. The van der Waals surface area contributed by atoms with Gasteiger partial charge in [-0.3, -0.25) is 4.99 Å². The van der Waals surface area contributed by atoms with Gasteiger partial charge in [0.1, 0.15) is 5.75 Å². The molecule has 0 spiro atoms. The molecule has 98 valence electrons. The summed E-state index contributed by atoms with van der Waals surface area (Å²) in [7, 11) is 0. The van der Waals surface area contributed by atoms with Crippen LogP contribution in [0.15, 0.2) is 46.3 Å². The molecule has 0 aliphatic rings. The van der Waals surface area contributed by atoms with E-state index in [0.717, 1.165) is 10.6 Å². The van der Waals surface area contributed by atoms with Gasteiger partial charge in [0.05, 0.1) is 10.7 Å². The summed E-state index contributed by atoms with van der Waals surface area (Å²) in [6, 6.07) is 10.9. The molecule has 0 heterocycles. The van der Waals surface area contributed by atoms with Gasteiger partial charge in [0.2, 0.25) is 0 Å². The Hall–Kier alpha value is -1.16. The highest BCUT2D eigenvalue weighted by molar-refractivity contribution is 7.98. The van der Waals surface area contributed by atoms with Gasteiger partial charge in [0, 0.05) is 21.7 Å². The minimum Gasteiger partial charge on any atom is -0.506 e. The largest absolute Gasteiger partial charge is 0.506 e. The number of halogens is 2. The zero-order valence-corrected chi connectivity index (χ0v) is 12.4. The van der Waals surface area contributed by atoms with Crippen molar-refractivity contribution in [3.05, 3.63) is 52.0 Å². The van der Waals surface area contributed by atoms with Crippen LogP contribution in [0.3, 0.4) is 0 Å². The molecule has 1 N–H and O–H groups in total. The number of aromatic hydroxyl groups is 1. The first kappa shape index (κ1) is 14.3. The van der Waals surface area contributed by atoms with Gasteiger partial charge in [-0.15, -0.1) is 11.8 Å². The van der Waals surface area contributed by atoms with Gasteiger partial charge in [-0.1, -0.05) is 35.3 Å². The molecule has 0 amide bonds. The summed E-state index contributed by atoms with van der Waals surface area (Å²) in [5, 5.41) is 10.5. The number of phenolic OH excluding ortho intramolecular Hbond substituents is 1. The normalized spacial score (nSPS) is 11.1. The Morgan fingerprint density at radius 1 is 1.21 bits per heavy atom. The summed E-state index contributed by atoms with van der Waals surface area (Å²) >= 11 is 13.4. The van der Waals surface area contributed by atoms with E-state index in [2.05, 4.69) is 4.99 Å². The fraction of sp³-hybridized carbons (Fsp3) is 0.0714. The van der Waals surface area contributed by atoms with Crippen LogP contribution in [0.5, 0.6) is 5.75 Å². The van der Waals surface area contributed by atoms with E-state index < -0.39 is 0 Å². The third kappa shape index (κ3) is 3.44. The van der Waals surface area contributed by atoms with Crippen LogP contribution in [-0.4, -0.2) is 17.6 Å². The number of hydrogen-bond acceptors (Lipinski definition) is 3. The molecule has 2 nitrogen and oxygen atoms in total. The Kier molecular flexibility index (Phi) is 4.75. The Morgan fingerprint density at radius 3 is 2.68 bits per heavy atom. The van der Waals surface area contributed by atoms with E-state index in [1.807, 2.05) is 30.5 Å². The predicted molar refractivity (Wildman–Crippen MR) is 83.6 cm³/mol. The van der Waals surface area contributed by atoms with Crippen LogP contribution in [0.4, 0.5) is 5.69 Å². The lowest BCUT2D eigenvalue weighted by Crippen LogP contribution is -1.84. The average molecular weight is 312 g/mol. The first-order valence-electron chi connectivity index (χ1n) is 5.47. The van der Waals surface area contributed by atoms with E-state index in [1.54, 1.807) is 24.0 Å². The topological polar surface area (TPSA) is 32.6 Å². The van der Waals surface area contributed by atoms with Crippen molar-refractivity contribution >= 4 is 46.9 Å². The number of hydrogen-bond donors (Lipinski definition) is 1. The molecule has 0 saturated heterocycles. The molecule has 2 aromatic carbocycles. The van der Waals surface area contributed by atoms with Crippen molar-refractivity contribution in [2.45, 2.75) is 4.90 Å². The van der Waals surface area contributed by atoms with Gasteiger partial charge in [0.15, 0.2) is 0 Å². The Bertz CT molecular complexity index is 629. The Labute approximate surface area is 126 Å². The minimum absolute atomic E-state index is 0.0172. The van der Waals surface area contributed by atoms with Crippen LogP contribution < -0.4 is 0 Å². The maximum absolute atomic E-state index is 9.84. The maximum Gasteiger partial charge on any atom is 0.143 e. The van der Waals surface area contributed by atoms with Crippen molar-refractivity contribution < 1.29 is 5.11 Å². The molecule has 0 saturated carbocycles. The zero-order chi connectivity index (χ0) is 13.8. The number of nitrogens with zero attached hydrogens (tertiary/aromatic N) is 1.